The lowest BCUT2D eigenvalue weighted by Crippen LogP contribution is -2.39. The minimum Gasteiger partial charge on any atom is -0.351 e. The predicted molar refractivity (Wildman–Crippen MR) is 110 cm³/mol. The Morgan fingerprint density at radius 3 is 2.39 bits per heavy atom. The first-order chi connectivity index (χ1) is 13.6. The largest absolute Gasteiger partial charge is 0.351 e. The van der Waals surface area contributed by atoms with Crippen molar-refractivity contribution in [2.75, 3.05) is 18.1 Å². The molecule has 2 aromatic rings. The fourth-order valence-corrected chi connectivity index (χ4v) is 4.32. The zero-order valence-electron chi connectivity index (χ0n) is 16.2. The van der Waals surface area contributed by atoms with E-state index in [4.69, 9.17) is 0 Å². The summed E-state index contributed by atoms with van der Waals surface area (Å²) in [6.45, 7) is 3.49. The third-order valence-electron chi connectivity index (χ3n) is 6.01. The van der Waals surface area contributed by atoms with Gasteiger partial charge in [-0.2, -0.15) is 5.10 Å². The normalized spacial score (nSPS) is 18.2. The fraction of sp³-hybridized carbons (Fsp3) is 0.391. The summed E-state index contributed by atoms with van der Waals surface area (Å²) in [6.07, 6.45) is 5.29. The van der Waals surface area contributed by atoms with Gasteiger partial charge in [0.15, 0.2) is 0 Å². The summed E-state index contributed by atoms with van der Waals surface area (Å²) in [7, 11) is 0. The van der Waals surface area contributed by atoms with Crippen LogP contribution in [-0.2, 0) is 5.41 Å². The molecule has 0 aromatic heterocycles. The van der Waals surface area contributed by atoms with E-state index in [2.05, 4.69) is 10.4 Å². The van der Waals surface area contributed by atoms with Crippen molar-refractivity contribution in [1.82, 2.24) is 5.32 Å². The van der Waals surface area contributed by atoms with Gasteiger partial charge in [0.1, 0.15) is 5.82 Å². The average Bonchev–Trinajstić information content (AvgIpc) is 3.37. The summed E-state index contributed by atoms with van der Waals surface area (Å²) in [5.41, 5.74) is 3.81. The minimum absolute atomic E-state index is 0.0685. The zero-order valence-corrected chi connectivity index (χ0v) is 16.2. The van der Waals surface area contributed by atoms with E-state index in [0.29, 0.717) is 12.1 Å². The van der Waals surface area contributed by atoms with E-state index in [1.54, 1.807) is 0 Å². The highest BCUT2D eigenvalue weighted by Crippen LogP contribution is 2.40. The summed E-state index contributed by atoms with van der Waals surface area (Å²) in [4.78, 5) is 12.7. The number of benzene rings is 2. The predicted octanol–water partition coefficient (Wildman–Crippen LogP) is 4.65. The average molecular weight is 379 g/mol. The van der Waals surface area contributed by atoms with Crippen LogP contribution in [0.15, 0.2) is 53.6 Å². The molecule has 1 fully saturated rings. The standard InChI is InChI=1S/C23H26FN3O/c1-17-12-15-27(26-17)21-10-4-18(5-11-21)22(28)25-16-23(13-2-3-14-23)19-6-8-20(24)9-7-19/h4-11H,2-3,12-16H2,1H3,(H,25,28). The molecule has 1 aliphatic carbocycles. The zero-order chi connectivity index (χ0) is 19.6. The molecular weight excluding hydrogens is 353 g/mol. The van der Waals surface area contributed by atoms with Crippen LogP contribution in [0.3, 0.4) is 0 Å². The highest BCUT2D eigenvalue weighted by Gasteiger charge is 2.36. The first-order valence-corrected chi connectivity index (χ1v) is 10.0. The van der Waals surface area contributed by atoms with E-state index in [9.17, 15) is 9.18 Å². The number of hydrogen-bond donors (Lipinski definition) is 1. The molecule has 1 N–H and O–H groups in total. The van der Waals surface area contributed by atoms with E-state index in [1.807, 2.05) is 48.3 Å². The number of nitrogens with zero attached hydrogens (tertiary/aromatic N) is 2. The van der Waals surface area contributed by atoms with Gasteiger partial charge in [0.05, 0.1) is 5.69 Å². The van der Waals surface area contributed by atoms with Crippen molar-refractivity contribution in [3.05, 3.63) is 65.5 Å². The van der Waals surface area contributed by atoms with Crippen molar-refractivity contribution in [1.29, 1.82) is 0 Å². The number of hydrazone groups is 1. The third kappa shape index (κ3) is 3.79. The quantitative estimate of drug-likeness (QED) is 0.822. The second-order valence-electron chi connectivity index (χ2n) is 7.93. The Labute approximate surface area is 165 Å². The van der Waals surface area contributed by atoms with Gasteiger partial charge in [-0.25, -0.2) is 4.39 Å². The summed E-state index contributed by atoms with van der Waals surface area (Å²) in [6, 6.07) is 14.3. The summed E-state index contributed by atoms with van der Waals surface area (Å²) >= 11 is 0. The van der Waals surface area contributed by atoms with Crippen molar-refractivity contribution in [2.24, 2.45) is 5.10 Å². The van der Waals surface area contributed by atoms with Gasteiger partial charge >= 0.3 is 0 Å². The lowest BCUT2D eigenvalue weighted by Gasteiger charge is -2.30. The molecule has 0 radical (unpaired) electrons. The summed E-state index contributed by atoms with van der Waals surface area (Å²) in [5, 5.41) is 9.58. The van der Waals surface area contributed by atoms with Gasteiger partial charge in [-0.3, -0.25) is 9.80 Å². The van der Waals surface area contributed by atoms with Gasteiger partial charge < -0.3 is 5.32 Å². The van der Waals surface area contributed by atoms with Crippen LogP contribution in [0.5, 0.6) is 0 Å². The van der Waals surface area contributed by atoms with E-state index in [1.165, 1.54) is 12.1 Å². The van der Waals surface area contributed by atoms with Crippen molar-refractivity contribution < 1.29 is 9.18 Å². The van der Waals surface area contributed by atoms with Crippen LogP contribution in [0, 0.1) is 5.82 Å². The summed E-state index contributed by atoms with van der Waals surface area (Å²) < 4.78 is 13.3. The molecule has 4 nitrogen and oxygen atoms in total. The van der Waals surface area contributed by atoms with Crippen LogP contribution >= 0.6 is 0 Å². The van der Waals surface area contributed by atoms with Crippen LogP contribution in [0.25, 0.3) is 0 Å². The molecular formula is C23H26FN3O. The van der Waals surface area contributed by atoms with Crippen LogP contribution in [0.1, 0.15) is 54.9 Å². The second-order valence-corrected chi connectivity index (χ2v) is 7.93. The van der Waals surface area contributed by atoms with Crippen LogP contribution in [0.2, 0.25) is 0 Å². The molecule has 0 bridgehead atoms. The van der Waals surface area contributed by atoms with E-state index >= 15 is 0 Å². The number of carbonyl (C=O) groups excluding carboxylic acids is 1. The lowest BCUT2D eigenvalue weighted by atomic mass is 9.78. The Balaban J connectivity index is 1.43. The first-order valence-electron chi connectivity index (χ1n) is 10.0. The number of rotatable bonds is 5. The van der Waals surface area contributed by atoms with Crippen LogP contribution in [-0.4, -0.2) is 24.7 Å². The lowest BCUT2D eigenvalue weighted by molar-refractivity contribution is 0.0943. The molecule has 0 saturated heterocycles. The second kappa shape index (κ2) is 7.74. The molecule has 5 heteroatoms. The van der Waals surface area contributed by atoms with Crippen molar-refractivity contribution in [2.45, 2.75) is 44.4 Å². The Hall–Kier alpha value is -2.69. The monoisotopic (exact) mass is 379 g/mol. The number of hydrogen-bond acceptors (Lipinski definition) is 3. The topological polar surface area (TPSA) is 44.7 Å². The Bertz CT molecular complexity index is 868. The number of anilines is 1. The van der Waals surface area contributed by atoms with Gasteiger partial charge in [0.25, 0.3) is 5.91 Å². The third-order valence-corrected chi connectivity index (χ3v) is 6.01. The first kappa shape index (κ1) is 18.7. The Kier molecular flexibility index (Phi) is 5.16. The molecule has 2 aromatic carbocycles. The molecule has 1 saturated carbocycles. The van der Waals surface area contributed by atoms with Gasteiger partial charge in [0, 0.05) is 36.2 Å². The maximum atomic E-state index is 13.3. The molecule has 1 amide bonds. The molecule has 0 spiro atoms. The maximum absolute atomic E-state index is 13.3. The molecule has 146 valence electrons. The fourth-order valence-electron chi connectivity index (χ4n) is 4.32. The Morgan fingerprint density at radius 2 is 1.79 bits per heavy atom. The number of amides is 1. The van der Waals surface area contributed by atoms with Crippen molar-refractivity contribution in [3.8, 4) is 0 Å². The van der Waals surface area contributed by atoms with Gasteiger partial charge in [-0.1, -0.05) is 25.0 Å². The van der Waals surface area contributed by atoms with Gasteiger partial charge in [-0.05, 0) is 61.7 Å². The molecule has 28 heavy (non-hydrogen) atoms. The van der Waals surface area contributed by atoms with Crippen LogP contribution < -0.4 is 10.3 Å². The minimum atomic E-state index is -0.224. The van der Waals surface area contributed by atoms with Crippen molar-refractivity contribution >= 4 is 17.3 Å². The smallest absolute Gasteiger partial charge is 0.251 e. The molecule has 2 aliphatic rings. The van der Waals surface area contributed by atoms with Crippen molar-refractivity contribution in [3.63, 3.8) is 0 Å². The summed E-state index contributed by atoms with van der Waals surface area (Å²) in [5.74, 6) is -0.292. The molecule has 0 unspecified atom stereocenters. The maximum Gasteiger partial charge on any atom is 0.251 e. The van der Waals surface area contributed by atoms with E-state index < -0.39 is 0 Å². The molecule has 0 atom stereocenters. The number of carbonyl (C=O) groups is 1. The van der Waals surface area contributed by atoms with Gasteiger partial charge in [0.2, 0.25) is 0 Å². The highest BCUT2D eigenvalue weighted by atomic mass is 19.1. The van der Waals surface area contributed by atoms with E-state index in [0.717, 1.165) is 55.6 Å². The number of nitrogens with one attached hydrogen (secondary N) is 1. The molecule has 4 rings (SSSR count). The van der Waals surface area contributed by atoms with Crippen LogP contribution in [0.4, 0.5) is 10.1 Å². The Morgan fingerprint density at radius 1 is 1.11 bits per heavy atom. The SMILES string of the molecule is CC1=NN(c2ccc(C(=O)NCC3(c4ccc(F)cc4)CCCC3)cc2)CC1. The van der Waals surface area contributed by atoms with Gasteiger partial charge in [-0.15, -0.1) is 0 Å². The molecule has 1 aliphatic heterocycles. The number of halogens is 1. The van der Waals surface area contributed by atoms with E-state index in [-0.39, 0.29) is 17.1 Å². The molecule has 1 heterocycles. The highest BCUT2D eigenvalue weighted by molar-refractivity contribution is 5.94.